The van der Waals surface area contributed by atoms with E-state index in [1.54, 1.807) is 11.0 Å². The first-order valence-corrected chi connectivity index (χ1v) is 7.97. The number of nitrogens with zero attached hydrogens (tertiary/aromatic N) is 1. The van der Waals surface area contributed by atoms with Crippen LogP contribution in [0.5, 0.6) is 0 Å². The zero-order valence-electron chi connectivity index (χ0n) is 13.1. The van der Waals surface area contributed by atoms with Gasteiger partial charge in [0.25, 0.3) is 0 Å². The van der Waals surface area contributed by atoms with E-state index < -0.39 is 5.82 Å². The van der Waals surface area contributed by atoms with Crippen molar-refractivity contribution in [1.29, 1.82) is 0 Å². The first-order chi connectivity index (χ1) is 11.0. The number of hydrogen-bond donors (Lipinski definition) is 2. The van der Waals surface area contributed by atoms with Crippen LogP contribution in [0.15, 0.2) is 18.2 Å². The molecule has 0 saturated carbocycles. The first kappa shape index (κ1) is 20.7. The maximum atomic E-state index is 13.4. The number of likely N-dealkylation sites (tertiary alicyclic amines) is 1. The van der Waals surface area contributed by atoms with Crippen molar-refractivity contribution in [2.75, 3.05) is 25.0 Å². The number of hydrogen-bond acceptors (Lipinski definition) is 2. The van der Waals surface area contributed by atoms with E-state index in [2.05, 4.69) is 17.6 Å². The van der Waals surface area contributed by atoms with E-state index >= 15 is 0 Å². The number of carbonyl (C=O) groups excluding carboxylic acids is 2. The molecule has 1 aromatic rings. The summed E-state index contributed by atoms with van der Waals surface area (Å²) in [5.41, 5.74) is 0.357. The van der Waals surface area contributed by atoms with Gasteiger partial charge in [-0.15, -0.1) is 0 Å². The summed E-state index contributed by atoms with van der Waals surface area (Å²) in [6.07, 6.45) is 2.07. The largest absolute Gasteiger partial charge is 0.342 e. The minimum Gasteiger partial charge on any atom is -0.342 e. The molecule has 0 unspecified atom stereocenters. The minimum absolute atomic E-state index is 0. The Balaban J connectivity index is 0.00000288. The molecule has 2 N–H and O–H groups in total. The number of halogens is 2. The van der Waals surface area contributed by atoms with Crippen molar-refractivity contribution in [3.8, 4) is 0 Å². The average molecular weight is 399 g/mol. The van der Waals surface area contributed by atoms with Crippen LogP contribution in [0.4, 0.5) is 14.9 Å². The van der Waals surface area contributed by atoms with Gasteiger partial charge in [0.1, 0.15) is 5.82 Å². The number of rotatable bonds is 4. The van der Waals surface area contributed by atoms with Crippen LogP contribution in [-0.2, 0) is 21.3 Å². The van der Waals surface area contributed by atoms with Crippen molar-refractivity contribution in [3.63, 3.8) is 0 Å². The van der Waals surface area contributed by atoms with E-state index in [1.807, 2.05) is 0 Å². The predicted molar refractivity (Wildman–Crippen MR) is 87.7 cm³/mol. The van der Waals surface area contributed by atoms with E-state index in [-0.39, 0.29) is 39.4 Å². The summed E-state index contributed by atoms with van der Waals surface area (Å²) >= 11 is 5.62. The second-order valence-electron chi connectivity index (χ2n) is 5.49. The van der Waals surface area contributed by atoms with Gasteiger partial charge in [-0.3, -0.25) is 4.79 Å². The Labute approximate surface area is 156 Å². The molecule has 0 aromatic heterocycles. The fourth-order valence-corrected chi connectivity index (χ4v) is 2.62. The van der Waals surface area contributed by atoms with Gasteiger partial charge in [-0.1, -0.05) is 11.6 Å². The van der Waals surface area contributed by atoms with Crippen molar-refractivity contribution >= 4 is 29.2 Å². The molecule has 1 fully saturated rings. The quantitative estimate of drug-likeness (QED) is 0.604. The molecule has 1 heterocycles. The summed E-state index contributed by atoms with van der Waals surface area (Å²) in [6.45, 7) is 5.16. The molecule has 0 radical (unpaired) electrons. The van der Waals surface area contributed by atoms with Crippen LogP contribution in [0.3, 0.4) is 0 Å². The molecule has 8 heteroatoms. The van der Waals surface area contributed by atoms with E-state index in [9.17, 15) is 14.0 Å². The molecule has 0 aliphatic carbocycles. The third-order valence-electron chi connectivity index (χ3n) is 3.72. The third-order valence-corrected chi connectivity index (χ3v) is 4.03. The van der Waals surface area contributed by atoms with Crippen molar-refractivity contribution in [3.05, 3.63) is 36.0 Å². The molecule has 0 spiro atoms. The van der Waals surface area contributed by atoms with Crippen molar-refractivity contribution in [2.45, 2.75) is 19.3 Å². The van der Waals surface area contributed by atoms with Crippen molar-refractivity contribution in [1.82, 2.24) is 10.2 Å². The van der Waals surface area contributed by atoms with Crippen molar-refractivity contribution < 1.29 is 30.5 Å². The fraction of sp³-hybridized carbons (Fsp3) is 0.438. The summed E-state index contributed by atoms with van der Waals surface area (Å²) in [6, 6.07) is 3.95. The number of amides is 3. The molecular formula is C16H20ClFN3NiO2-. The zero-order chi connectivity index (χ0) is 16.8. The van der Waals surface area contributed by atoms with Gasteiger partial charge in [-0.25, -0.2) is 9.18 Å². The summed E-state index contributed by atoms with van der Waals surface area (Å²) in [5.74, 6) is -1.11. The fourth-order valence-electron chi connectivity index (χ4n) is 2.50. The van der Waals surface area contributed by atoms with Crippen LogP contribution in [0, 0.1) is 18.7 Å². The van der Waals surface area contributed by atoms with E-state index in [0.717, 1.165) is 6.42 Å². The second-order valence-corrected chi connectivity index (χ2v) is 5.90. The number of nitrogens with one attached hydrogen (secondary N) is 2. The third kappa shape index (κ3) is 5.64. The Bertz CT molecular complexity index is 588. The monoisotopic (exact) mass is 398 g/mol. The molecular weight excluding hydrogens is 379 g/mol. The van der Waals surface area contributed by atoms with Crippen LogP contribution in [0.25, 0.3) is 0 Å². The van der Waals surface area contributed by atoms with Gasteiger partial charge in [0.2, 0.25) is 5.91 Å². The minimum atomic E-state index is -0.581. The van der Waals surface area contributed by atoms with Gasteiger partial charge in [-0.2, -0.15) is 6.42 Å². The van der Waals surface area contributed by atoms with Crippen LogP contribution >= 0.6 is 11.6 Å². The average Bonchev–Trinajstić information content (AvgIpc) is 2.56. The molecule has 3 amide bonds. The molecule has 136 valence electrons. The maximum absolute atomic E-state index is 13.4. The van der Waals surface area contributed by atoms with Gasteiger partial charge in [0, 0.05) is 35.3 Å². The number of piperidine rings is 1. The van der Waals surface area contributed by atoms with Crippen LogP contribution in [0.1, 0.15) is 19.3 Å². The Morgan fingerprint density at radius 3 is 2.83 bits per heavy atom. The predicted octanol–water partition coefficient (Wildman–Crippen LogP) is 3.06. The zero-order valence-corrected chi connectivity index (χ0v) is 14.8. The number of benzene rings is 1. The molecule has 1 atom stereocenters. The molecule has 1 aromatic carbocycles. The summed E-state index contributed by atoms with van der Waals surface area (Å²) in [5, 5.41) is 5.44. The molecule has 5 nitrogen and oxygen atoms in total. The molecule has 24 heavy (non-hydrogen) atoms. The van der Waals surface area contributed by atoms with Crippen LogP contribution in [0.2, 0.25) is 5.02 Å². The van der Waals surface area contributed by atoms with E-state index in [1.165, 1.54) is 12.1 Å². The Hall–Kier alpha value is -1.33. The van der Waals surface area contributed by atoms with Crippen LogP contribution < -0.4 is 10.6 Å². The topological polar surface area (TPSA) is 61.4 Å². The SMILES string of the molecule is [CH2-]CCNC(=O)N1CCC[C@H](C(=O)Nc2ccc(Cl)c(F)c2)C1.[Ni]. The first-order valence-electron chi connectivity index (χ1n) is 7.59. The number of urea groups is 1. The molecule has 0 bridgehead atoms. The van der Waals surface area contributed by atoms with E-state index in [0.29, 0.717) is 38.2 Å². The van der Waals surface area contributed by atoms with Gasteiger partial charge in [-0.05, 0) is 37.6 Å². The Morgan fingerprint density at radius 1 is 1.42 bits per heavy atom. The Morgan fingerprint density at radius 2 is 2.17 bits per heavy atom. The molecule has 1 saturated heterocycles. The summed E-state index contributed by atoms with van der Waals surface area (Å²) in [7, 11) is 0. The molecule has 1 aliphatic heterocycles. The van der Waals surface area contributed by atoms with Gasteiger partial charge in [0.15, 0.2) is 0 Å². The maximum Gasteiger partial charge on any atom is 0.317 e. The molecule has 2 rings (SSSR count). The Kier molecular flexibility index (Phi) is 8.50. The second kappa shape index (κ2) is 9.85. The van der Waals surface area contributed by atoms with Crippen LogP contribution in [-0.4, -0.2) is 36.5 Å². The van der Waals surface area contributed by atoms with E-state index in [4.69, 9.17) is 11.6 Å². The standard InChI is InChI=1S/C16H20ClFN3O2.Ni/c1-2-7-19-16(23)21-8-3-4-11(10-21)15(22)20-12-5-6-13(17)14(18)9-12;/h5-6,9,11H,1-4,7-8,10H2,(H,19,23)(H,20,22);/q-1;/t11-;/m0./s1. The smallest absolute Gasteiger partial charge is 0.317 e. The normalized spacial score (nSPS) is 17.0. The van der Waals surface area contributed by atoms with Gasteiger partial charge in [0.05, 0.1) is 10.9 Å². The van der Waals surface area contributed by atoms with Gasteiger partial charge < -0.3 is 22.5 Å². The molecule has 1 aliphatic rings. The van der Waals surface area contributed by atoms with Crippen molar-refractivity contribution in [2.24, 2.45) is 5.92 Å². The number of anilines is 1. The summed E-state index contributed by atoms with van der Waals surface area (Å²) in [4.78, 5) is 25.9. The number of carbonyl (C=O) groups is 2. The summed E-state index contributed by atoms with van der Waals surface area (Å²) < 4.78 is 13.4. The van der Waals surface area contributed by atoms with Gasteiger partial charge >= 0.3 is 6.03 Å².